The van der Waals surface area contributed by atoms with E-state index in [1.807, 2.05) is 25.7 Å². The van der Waals surface area contributed by atoms with Crippen molar-refractivity contribution in [1.82, 2.24) is 28.7 Å². The van der Waals surface area contributed by atoms with E-state index in [-0.39, 0.29) is 17.6 Å². The van der Waals surface area contributed by atoms with E-state index in [1.54, 1.807) is 40.9 Å². The summed E-state index contributed by atoms with van der Waals surface area (Å²) in [5, 5.41) is 0. The van der Waals surface area contributed by atoms with E-state index in [9.17, 15) is 14.0 Å². The number of anilines is 1. The van der Waals surface area contributed by atoms with Crippen LogP contribution in [0.1, 0.15) is 26.5 Å². The Hall–Kier alpha value is -4.22. The number of amides is 1. The lowest BCUT2D eigenvalue weighted by atomic mass is 10.2. The topological polar surface area (TPSA) is 107 Å². The van der Waals surface area contributed by atoms with Crippen molar-refractivity contribution in [2.24, 2.45) is 0 Å². The van der Waals surface area contributed by atoms with Crippen LogP contribution >= 0.6 is 0 Å². The molecule has 0 atom stereocenters. The van der Waals surface area contributed by atoms with Crippen LogP contribution in [0.5, 0.6) is 5.75 Å². The number of nitrogens with zero attached hydrogens (tertiary/aromatic N) is 7. The maximum absolute atomic E-state index is 14.6. The van der Waals surface area contributed by atoms with Gasteiger partial charge in [-0.1, -0.05) is 0 Å². The van der Waals surface area contributed by atoms with Gasteiger partial charge in [-0.3, -0.25) is 0 Å². The molecule has 1 saturated heterocycles. The molecule has 1 amide bonds. The number of carbonyl (C=O) groups is 1. The third-order valence-corrected chi connectivity index (χ3v) is 6.02. The third kappa shape index (κ3) is 4.78. The summed E-state index contributed by atoms with van der Waals surface area (Å²) in [5.41, 5.74) is 1.08. The Balaban J connectivity index is 1.46. The lowest BCUT2D eigenvalue weighted by Crippen LogP contribution is -2.50. The Morgan fingerprint density at radius 1 is 1.03 bits per heavy atom. The van der Waals surface area contributed by atoms with Crippen molar-refractivity contribution < 1.29 is 18.7 Å². The van der Waals surface area contributed by atoms with Crippen molar-refractivity contribution in [3.8, 4) is 17.1 Å². The number of methoxy groups -OCH3 is 1. The highest BCUT2D eigenvalue weighted by molar-refractivity contribution is 5.70. The van der Waals surface area contributed by atoms with Crippen molar-refractivity contribution >= 4 is 23.1 Å². The number of ether oxygens (including phenoxy) is 2. The Kier molecular flexibility index (Phi) is 5.97. The van der Waals surface area contributed by atoms with Crippen molar-refractivity contribution in [3.63, 3.8) is 0 Å². The van der Waals surface area contributed by atoms with Gasteiger partial charge in [-0.25, -0.2) is 28.3 Å². The molecular weight excluding hydrogens is 481 g/mol. The fourth-order valence-electron chi connectivity index (χ4n) is 4.32. The van der Waals surface area contributed by atoms with E-state index >= 15 is 0 Å². The molecule has 0 saturated carbocycles. The summed E-state index contributed by atoms with van der Waals surface area (Å²) in [6.07, 6.45) is 4.61. The zero-order chi connectivity index (χ0) is 26.5. The van der Waals surface area contributed by atoms with Crippen LogP contribution < -0.4 is 15.3 Å². The summed E-state index contributed by atoms with van der Waals surface area (Å²) < 4.78 is 28.6. The molecule has 11 nitrogen and oxygen atoms in total. The Morgan fingerprint density at radius 3 is 2.43 bits per heavy atom. The first-order valence-electron chi connectivity index (χ1n) is 11.9. The summed E-state index contributed by atoms with van der Waals surface area (Å²) in [6.45, 7) is 9.24. The highest BCUT2D eigenvalue weighted by Crippen LogP contribution is 2.30. The number of hydrogen-bond donors (Lipinski definition) is 0. The quantitative estimate of drug-likeness (QED) is 0.415. The predicted octanol–water partition coefficient (Wildman–Crippen LogP) is 2.92. The van der Waals surface area contributed by atoms with Crippen LogP contribution in [0, 0.1) is 12.7 Å². The first-order chi connectivity index (χ1) is 17.5. The summed E-state index contributed by atoms with van der Waals surface area (Å²) >= 11 is 0. The molecule has 194 valence electrons. The molecule has 4 aromatic heterocycles. The molecule has 0 bridgehead atoms. The summed E-state index contributed by atoms with van der Waals surface area (Å²) in [5.74, 6) is 0.0763. The molecule has 1 aliphatic heterocycles. The lowest BCUT2D eigenvalue weighted by Gasteiger charge is -2.37. The van der Waals surface area contributed by atoms with E-state index in [1.165, 1.54) is 17.6 Å². The predicted molar refractivity (Wildman–Crippen MR) is 135 cm³/mol. The van der Waals surface area contributed by atoms with E-state index in [0.29, 0.717) is 54.5 Å². The van der Waals surface area contributed by atoms with Gasteiger partial charge in [0, 0.05) is 56.4 Å². The molecule has 12 heteroatoms. The summed E-state index contributed by atoms with van der Waals surface area (Å²) in [6, 6.07) is 2.92. The molecule has 0 aliphatic carbocycles. The number of piperazine rings is 1. The normalized spacial score (nSPS) is 14.4. The molecule has 1 fully saturated rings. The molecule has 0 aromatic carbocycles. The van der Waals surface area contributed by atoms with Gasteiger partial charge < -0.3 is 23.7 Å². The third-order valence-electron chi connectivity index (χ3n) is 6.02. The van der Waals surface area contributed by atoms with Crippen LogP contribution in [0.3, 0.4) is 0 Å². The zero-order valence-corrected chi connectivity index (χ0v) is 21.4. The number of aryl methyl sites for hydroxylation is 1. The van der Waals surface area contributed by atoms with E-state index in [0.717, 1.165) is 0 Å². The number of aromatic nitrogens is 5. The van der Waals surface area contributed by atoms with E-state index in [4.69, 9.17) is 9.47 Å². The molecule has 0 N–H and O–H groups in total. The van der Waals surface area contributed by atoms with Crippen molar-refractivity contribution in [3.05, 3.63) is 52.7 Å². The molecule has 0 radical (unpaired) electrons. The Bertz CT molecular complexity index is 1570. The SMILES string of the molecule is COc1cc2nc(-c3cc(F)c4nc(C)cn4c3)nc(=O)n2cc1N1CCN(C(=O)OC(C)(C)C)CC1. The molecule has 0 spiro atoms. The molecule has 4 aromatic rings. The number of pyridine rings is 2. The van der Waals surface area contributed by atoms with Crippen LogP contribution in [0.15, 0.2) is 35.5 Å². The van der Waals surface area contributed by atoms with Gasteiger partial charge in [0.15, 0.2) is 17.3 Å². The summed E-state index contributed by atoms with van der Waals surface area (Å²) in [7, 11) is 1.54. The van der Waals surface area contributed by atoms with Gasteiger partial charge in [0.1, 0.15) is 17.0 Å². The maximum Gasteiger partial charge on any atom is 0.410 e. The molecule has 5 rings (SSSR count). The minimum atomic E-state index is -0.564. The summed E-state index contributed by atoms with van der Waals surface area (Å²) in [4.78, 5) is 41.9. The van der Waals surface area contributed by atoms with Gasteiger partial charge in [0.25, 0.3) is 0 Å². The standard InChI is InChI=1S/C25H28FN7O4/c1-15-12-32-13-16(10-17(26)22(32)27-15)21-28-20-11-19(36-5)18(14-33(20)23(34)29-21)30-6-8-31(9-7-30)24(35)37-25(2,3)4/h10-14H,6-9H2,1-5H3. The second-order valence-corrected chi connectivity index (χ2v) is 9.93. The smallest absolute Gasteiger partial charge is 0.410 e. The second kappa shape index (κ2) is 9.02. The van der Waals surface area contributed by atoms with Crippen molar-refractivity contribution in [2.45, 2.75) is 33.3 Å². The second-order valence-electron chi connectivity index (χ2n) is 9.93. The Morgan fingerprint density at radius 2 is 1.76 bits per heavy atom. The fraction of sp³-hybridized carbons (Fsp3) is 0.400. The number of rotatable bonds is 3. The van der Waals surface area contributed by atoms with Crippen LogP contribution in [-0.2, 0) is 4.74 Å². The van der Waals surface area contributed by atoms with Crippen LogP contribution in [0.4, 0.5) is 14.9 Å². The van der Waals surface area contributed by atoms with E-state index < -0.39 is 17.1 Å². The van der Waals surface area contributed by atoms with Gasteiger partial charge in [-0.05, 0) is 33.8 Å². The monoisotopic (exact) mass is 509 g/mol. The Labute approximate surface area is 212 Å². The van der Waals surface area contributed by atoms with Gasteiger partial charge >= 0.3 is 11.8 Å². The average molecular weight is 510 g/mol. The first kappa shape index (κ1) is 24.5. The fourth-order valence-corrected chi connectivity index (χ4v) is 4.32. The molecule has 1 aliphatic rings. The number of hydrogen-bond acceptors (Lipinski definition) is 8. The highest BCUT2D eigenvalue weighted by Gasteiger charge is 2.27. The average Bonchev–Trinajstić information content (AvgIpc) is 3.23. The van der Waals surface area contributed by atoms with Crippen LogP contribution in [0.2, 0.25) is 0 Å². The molecule has 5 heterocycles. The minimum Gasteiger partial charge on any atom is -0.494 e. The number of carbonyl (C=O) groups excluding carboxylic acids is 1. The molecule has 0 unspecified atom stereocenters. The van der Waals surface area contributed by atoms with Gasteiger partial charge in [0.05, 0.1) is 18.5 Å². The van der Waals surface area contributed by atoms with Gasteiger partial charge in [-0.2, -0.15) is 4.98 Å². The van der Waals surface area contributed by atoms with Crippen LogP contribution in [0.25, 0.3) is 22.7 Å². The van der Waals surface area contributed by atoms with Crippen molar-refractivity contribution in [1.29, 1.82) is 0 Å². The molecule has 37 heavy (non-hydrogen) atoms. The number of halogens is 1. The maximum atomic E-state index is 14.6. The van der Waals surface area contributed by atoms with Crippen molar-refractivity contribution in [2.75, 3.05) is 38.2 Å². The lowest BCUT2D eigenvalue weighted by molar-refractivity contribution is 0.0240. The van der Waals surface area contributed by atoms with E-state index in [2.05, 4.69) is 15.0 Å². The minimum absolute atomic E-state index is 0.0953. The number of fused-ring (bicyclic) bond motifs is 2. The largest absolute Gasteiger partial charge is 0.494 e. The van der Waals surface area contributed by atoms with Crippen LogP contribution in [-0.4, -0.2) is 73.6 Å². The first-order valence-corrected chi connectivity index (χ1v) is 11.9. The highest BCUT2D eigenvalue weighted by atomic mass is 19.1. The number of imidazole rings is 1. The molecular formula is C25H28FN7O4. The van der Waals surface area contributed by atoms with Gasteiger partial charge in [-0.15, -0.1) is 0 Å². The van der Waals surface area contributed by atoms with Gasteiger partial charge in [0.2, 0.25) is 0 Å². The zero-order valence-electron chi connectivity index (χ0n) is 21.4.